The van der Waals surface area contributed by atoms with Gasteiger partial charge in [-0.2, -0.15) is 0 Å². The number of anilines is 2. The highest BCUT2D eigenvalue weighted by Crippen LogP contribution is 2.41. The summed E-state index contributed by atoms with van der Waals surface area (Å²) in [6, 6.07) is 6.01. The third-order valence-electron chi connectivity index (χ3n) is 5.95. The predicted molar refractivity (Wildman–Crippen MR) is 97.2 cm³/mol. The molecule has 27 heavy (non-hydrogen) atoms. The van der Waals surface area contributed by atoms with E-state index in [0.29, 0.717) is 36.5 Å². The summed E-state index contributed by atoms with van der Waals surface area (Å²) in [6.07, 6.45) is 8.32. The lowest BCUT2D eigenvalue weighted by Gasteiger charge is -2.37. The molecule has 1 aromatic carbocycles. The molecule has 2 bridgehead atoms. The van der Waals surface area contributed by atoms with E-state index in [4.69, 9.17) is 4.74 Å². The minimum absolute atomic E-state index is 0.265. The molecule has 4 heterocycles. The van der Waals surface area contributed by atoms with Crippen LogP contribution in [0.2, 0.25) is 0 Å². The molecule has 0 radical (unpaired) electrons. The molecule has 0 aliphatic carbocycles. The molecular weight excluding hydrogens is 349 g/mol. The van der Waals surface area contributed by atoms with Crippen molar-refractivity contribution in [2.24, 2.45) is 0 Å². The van der Waals surface area contributed by atoms with Crippen LogP contribution in [0.1, 0.15) is 32.1 Å². The Morgan fingerprint density at radius 3 is 2.70 bits per heavy atom. The van der Waals surface area contributed by atoms with E-state index in [1.54, 1.807) is 17.1 Å². The molecule has 3 aliphatic heterocycles. The number of benzene rings is 1. The van der Waals surface area contributed by atoms with Gasteiger partial charge in [-0.15, -0.1) is 5.10 Å². The van der Waals surface area contributed by atoms with Gasteiger partial charge < -0.3 is 9.64 Å². The first-order chi connectivity index (χ1) is 13.2. The number of cyclic esters (lactones) is 1. The Morgan fingerprint density at radius 2 is 2.00 bits per heavy atom. The Kier molecular flexibility index (Phi) is 3.98. The van der Waals surface area contributed by atoms with Crippen molar-refractivity contribution in [3.05, 3.63) is 36.4 Å². The molecule has 3 saturated heterocycles. The van der Waals surface area contributed by atoms with Crippen LogP contribution >= 0.6 is 0 Å². The van der Waals surface area contributed by atoms with Gasteiger partial charge >= 0.3 is 6.09 Å². The molecule has 2 aromatic rings. The van der Waals surface area contributed by atoms with Crippen LogP contribution in [-0.4, -0.2) is 45.8 Å². The lowest BCUT2D eigenvalue weighted by Crippen LogP contribution is -2.40. The topological polar surface area (TPSA) is 63.5 Å². The van der Waals surface area contributed by atoms with Crippen molar-refractivity contribution in [2.45, 2.75) is 56.8 Å². The van der Waals surface area contributed by atoms with Gasteiger partial charge in [0.1, 0.15) is 11.9 Å². The smallest absolute Gasteiger partial charge is 0.414 e. The van der Waals surface area contributed by atoms with Crippen molar-refractivity contribution >= 4 is 17.5 Å². The zero-order chi connectivity index (χ0) is 18.4. The first-order valence-corrected chi connectivity index (χ1v) is 9.59. The number of amides is 1. The summed E-state index contributed by atoms with van der Waals surface area (Å²) < 4.78 is 22.0. The third-order valence-corrected chi connectivity index (χ3v) is 5.95. The maximum atomic E-state index is 14.9. The van der Waals surface area contributed by atoms with Crippen molar-refractivity contribution in [1.82, 2.24) is 15.0 Å². The fourth-order valence-electron chi connectivity index (χ4n) is 4.75. The highest BCUT2D eigenvalue weighted by Gasteiger charge is 2.38. The summed E-state index contributed by atoms with van der Waals surface area (Å²) >= 11 is 0. The first-order valence-electron chi connectivity index (χ1n) is 9.59. The summed E-state index contributed by atoms with van der Waals surface area (Å²) in [5.74, 6) is -0.265. The molecule has 3 fully saturated rings. The van der Waals surface area contributed by atoms with Crippen LogP contribution in [0, 0.1) is 5.82 Å². The molecule has 5 rings (SSSR count). The van der Waals surface area contributed by atoms with Gasteiger partial charge in [-0.05, 0) is 50.3 Å². The monoisotopic (exact) mass is 371 g/mol. The van der Waals surface area contributed by atoms with Gasteiger partial charge in [-0.25, -0.2) is 13.9 Å². The second-order valence-electron chi connectivity index (χ2n) is 7.60. The molecule has 3 aliphatic rings. The quantitative estimate of drug-likeness (QED) is 0.827. The van der Waals surface area contributed by atoms with E-state index in [2.05, 4.69) is 15.2 Å². The van der Waals surface area contributed by atoms with Crippen molar-refractivity contribution in [2.75, 3.05) is 16.3 Å². The number of rotatable bonds is 4. The second-order valence-corrected chi connectivity index (χ2v) is 7.60. The number of fused-ring (bicyclic) bond motifs is 2. The number of piperidine rings is 1. The zero-order valence-electron chi connectivity index (χ0n) is 15.0. The van der Waals surface area contributed by atoms with Gasteiger partial charge in [-0.1, -0.05) is 5.21 Å². The lowest BCUT2D eigenvalue weighted by atomic mass is 10.0. The number of halogens is 1. The van der Waals surface area contributed by atoms with E-state index in [1.807, 2.05) is 12.1 Å². The number of nitrogens with zero attached hydrogens (tertiary/aromatic N) is 5. The second kappa shape index (κ2) is 6.51. The van der Waals surface area contributed by atoms with Gasteiger partial charge in [0.15, 0.2) is 0 Å². The molecular formula is C19H22FN5O2. The Balaban J connectivity index is 1.34. The van der Waals surface area contributed by atoms with Crippen LogP contribution in [0.4, 0.5) is 20.6 Å². The fraction of sp³-hybridized carbons (Fsp3) is 0.526. The number of carbonyl (C=O) groups excluding carboxylic acids is 1. The Labute approximate surface area is 156 Å². The van der Waals surface area contributed by atoms with E-state index < -0.39 is 6.09 Å². The normalized spacial score (nSPS) is 27.3. The summed E-state index contributed by atoms with van der Waals surface area (Å²) in [6.45, 7) is 0.798. The SMILES string of the molecule is O=C1O[C@@H](Cn2ccnn2)CN1c1ccc(N2C3CCCC2CC3)c(F)c1. The van der Waals surface area contributed by atoms with E-state index in [1.165, 1.54) is 17.4 Å². The maximum absolute atomic E-state index is 14.9. The maximum Gasteiger partial charge on any atom is 0.414 e. The van der Waals surface area contributed by atoms with Gasteiger partial charge in [0.2, 0.25) is 0 Å². The average Bonchev–Trinajstić information content (AvgIpc) is 3.34. The van der Waals surface area contributed by atoms with E-state index in [-0.39, 0.29) is 11.9 Å². The molecule has 7 nitrogen and oxygen atoms in total. The summed E-state index contributed by atoms with van der Waals surface area (Å²) in [5, 5.41) is 7.64. The van der Waals surface area contributed by atoms with Crippen molar-refractivity contribution in [3.8, 4) is 0 Å². The number of hydrogen-bond acceptors (Lipinski definition) is 5. The number of aromatic nitrogens is 3. The van der Waals surface area contributed by atoms with Crippen LogP contribution < -0.4 is 9.80 Å². The van der Waals surface area contributed by atoms with Crippen LogP contribution in [-0.2, 0) is 11.3 Å². The Bertz CT molecular complexity index is 827. The zero-order valence-corrected chi connectivity index (χ0v) is 15.0. The van der Waals surface area contributed by atoms with Gasteiger partial charge in [0.05, 0.1) is 30.7 Å². The van der Waals surface area contributed by atoms with E-state index >= 15 is 0 Å². The van der Waals surface area contributed by atoms with Crippen molar-refractivity contribution < 1.29 is 13.9 Å². The largest absolute Gasteiger partial charge is 0.442 e. The molecule has 2 unspecified atom stereocenters. The molecule has 8 heteroatoms. The lowest BCUT2D eigenvalue weighted by molar-refractivity contribution is 0.129. The molecule has 1 amide bonds. The van der Waals surface area contributed by atoms with Crippen LogP contribution in [0.3, 0.4) is 0 Å². The van der Waals surface area contributed by atoms with Gasteiger partial charge in [0, 0.05) is 18.3 Å². The Morgan fingerprint density at radius 1 is 1.19 bits per heavy atom. The molecule has 0 saturated carbocycles. The van der Waals surface area contributed by atoms with E-state index in [0.717, 1.165) is 25.7 Å². The summed E-state index contributed by atoms with van der Waals surface area (Å²) in [4.78, 5) is 16.0. The van der Waals surface area contributed by atoms with Crippen molar-refractivity contribution in [1.29, 1.82) is 0 Å². The van der Waals surface area contributed by atoms with Crippen molar-refractivity contribution in [3.63, 3.8) is 0 Å². The highest BCUT2D eigenvalue weighted by atomic mass is 19.1. The Hall–Kier alpha value is -2.64. The predicted octanol–water partition coefficient (Wildman–Crippen LogP) is 2.96. The van der Waals surface area contributed by atoms with Crippen LogP contribution in [0.25, 0.3) is 0 Å². The molecule has 3 atom stereocenters. The molecule has 0 N–H and O–H groups in total. The summed E-state index contributed by atoms with van der Waals surface area (Å²) in [7, 11) is 0. The summed E-state index contributed by atoms with van der Waals surface area (Å²) in [5.41, 5.74) is 1.20. The average molecular weight is 371 g/mol. The highest BCUT2D eigenvalue weighted by molar-refractivity contribution is 5.90. The number of hydrogen-bond donors (Lipinski definition) is 0. The molecule has 1 aromatic heterocycles. The standard InChI is InChI=1S/C19H22FN5O2/c20-17-10-15(6-7-18(17)25-13-2-1-3-14(25)5-4-13)24-12-16(27-19(24)26)11-23-9-8-21-22-23/h6-10,13-14,16H,1-5,11-12H2/t13?,14?,16-/m0/s1. The van der Waals surface area contributed by atoms with Gasteiger partial charge in [0.25, 0.3) is 0 Å². The number of ether oxygens (including phenoxy) is 1. The fourth-order valence-corrected chi connectivity index (χ4v) is 4.75. The van der Waals surface area contributed by atoms with Gasteiger partial charge in [-0.3, -0.25) is 4.90 Å². The van der Waals surface area contributed by atoms with Crippen LogP contribution in [0.15, 0.2) is 30.6 Å². The molecule has 142 valence electrons. The van der Waals surface area contributed by atoms with E-state index in [9.17, 15) is 9.18 Å². The first kappa shape index (κ1) is 16.5. The minimum Gasteiger partial charge on any atom is -0.442 e. The minimum atomic E-state index is -0.453. The molecule has 0 spiro atoms. The third kappa shape index (κ3) is 2.93. The van der Waals surface area contributed by atoms with Crippen LogP contribution in [0.5, 0.6) is 0 Å². The number of carbonyl (C=O) groups is 1.